The zero-order valence-corrected chi connectivity index (χ0v) is 23.6. The van der Waals surface area contributed by atoms with Crippen molar-refractivity contribution in [3.8, 4) is 5.75 Å². The molecule has 0 spiro atoms. The molecule has 4 rings (SSSR count). The van der Waals surface area contributed by atoms with Gasteiger partial charge in [0, 0.05) is 56.0 Å². The fourth-order valence-corrected chi connectivity index (χ4v) is 5.71. The zero-order chi connectivity index (χ0) is 29.7. The SMILES string of the molecule is COc1ccc2ncc(N(C)C)c([C@@H](O)CCC3(CC(=O)O)CCN(CCNc4cc(F)c(F)c(F)c4)CC3)c2c1. The number of carbonyl (C=O) groups is 1. The van der Waals surface area contributed by atoms with Crippen molar-refractivity contribution in [2.24, 2.45) is 5.41 Å². The number of ether oxygens (including phenoxy) is 1. The van der Waals surface area contributed by atoms with E-state index in [1.807, 2.05) is 37.2 Å². The summed E-state index contributed by atoms with van der Waals surface area (Å²) in [6, 6.07) is 7.37. The average molecular weight is 575 g/mol. The van der Waals surface area contributed by atoms with Gasteiger partial charge in [-0.05, 0) is 62.4 Å². The number of aliphatic hydroxyl groups excluding tert-OH is 1. The highest BCUT2D eigenvalue weighted by molar-refractivity contribution is 5.88. The lowest BCUT2D eigenvalue weighted by Crippen LogP contribution is -2.43. The Hall–Kier alpha value is -3.57. The van der Waals surface area contributed by atoms with Crippen molar-refractivity contribution < 1.29 is 32.9 Å². The molecule has 41 heavy (non-hydrogen) atoms. The predicted octanol–water partition coefficient (Wildman–Crippen LogP) is 5.21. The summed E-state index contributed by atoms with van der Waals surface area (Å²) in [5, 5.41) is 24.9. The lowest BCUT2D eigenvalue weighted by Gasteiger charge is -2.41. The number of aromatic nitrogens is 1. The molecule has 0 saturated carbocycles. The zero-order valence-electron chi connectivity index (χ0n) is 23.6. The van der Waals surface area contributed by atoms with E-state index < -0.39 is 34.9 Å². The number of hydrogen-bond acceptors (Lipinski definition) is 7. The van der Waals surface area contributed by atoms with Crippen LogP contribution in [0.5, 0.6) is 5.75 Å². The first-order chi connectivity index (χ1) is 19.5. The molecule has 1 atom stereocenters. The van der Waals surface area contributed by atoms with Gasteiger partial charge in [0.1, 0.15) is 5.75 Å². The van der Waals surface area contributed by atoms with Crippen LogP contribution in [0.3, 0.4) is 0 Å². The molecule has 1 fully saturated rings. The number of fused-ring (bicyclic) bond motifs is 1. The van der Waals surface area contributed by atoms with Crippen LogP contribution in [0, 0.1) is 22.9 Å². The molecule has 3 N–H and O–H groups in total. The van der Waals surface area contributed by atoms with Crippen LogP contribution < -0.4 is 15.0 Å². The van der Waals surface area contributed by atoms with Gasteiger partial charge < -0.3 is 30.1 Å². The summed E-state index contributed by atoms with van der Waals surface area (Å²) in [7, 11) is 5.36. The second-order valence-corrected chi connectivity index (χ2v) is 11.0. The van der Waals surface area contributed by atoms with Crippen LogP contribution in [-0.4, -0.2) is 73.5 Å². The molecule has 222 valence electrons. The number of aliphatic carboxylic acids is 1. The van der Waals surface area contributed by atoms with Gasteiger partial charge in [0.2, 0.25) is 0 Å². The largest absolute Gasteiger partial charge is 0.497 e. The number of carboxylic acids is 1. The number of benzene rings is 2. The topological polar surface area (TPSA) is 98.2 Å². The number of nitrogens with one attached hydrogen (secondary N) is 1. The van der Waals surface area contributed by atoms with Gasteiger partial charge in [-0.1, -0.05) is 0 Å². The number of pyridine rings is 1. The van der Waals surface area contributed by atoms with Crippen molar-refractivity contribution in [2.75, 3.05) is 57.6 Å². The van der Waals surface area contributed by atoms with E-state index in [2.05, 4.69) is 15.2 Å². The first-order valence-corrected chi connectivity index (χ1v) is 13.7. The molecule has 0 radical (unpaired) electrons. The van der Waals surface area contributed by atoms with Gasteiger partial charge in [-0.2, -0.15) is 0 Å². The van der Waals surface area contributed by atoms with Crippen LogP contribution in [0.4, 0.5) is 24.5 Å². The van der Waals surface area contributed by atoms with Gasteiger partial charge in [0.05, 0.1) is 37.0 Å². The number of methoxy groups -OCH3 is 1. The Morgan fingerprint density at radius 1 is 1.17 bits per heavy atom. The number of nitrogens with zero attached hydrogens (tertiary/aromatic N) is 3. The van der Waals surface area contributed by atoms with Crippen LogP contribution >= 0.6 is 0 Å². The Kier molecular flexibility index (Phi) is 9.60. The second-order valence-electron chi connectivity index (χ2n) is 11.0. The van der Waals surface area contributed by atoms with Crippen molar-refractivity contribution >= 4 is 28.2 Å². The highest BCUT2D eigenvalue weighted by Gasteiger charge is 2.37. The standard InChI is InChI=1S/C30H37F3N4O4/c1-36(2)25-18-35-24-5-4-20(41-3)16-21(24)28(25)26(38)6-7-30(17-27(39)40)8-11-37(12-9-30)13-10-34-19-14-22(31)29(33)23(32)15-19/h4-5,14-16,18,26,34,38H,6-13,17H2,1-3H3,(H,39,40)/t26-/m0/s1. The third kappa shape index (κ3) is 7.20. The molecular formula is C30H37F3N4O4. The summed E-state index contributed by atoms with van der Waals surface area (Å²) in [5.74, 6) is -4.21. The number of carboxylic acid groups (broad SMARTS) is 1. The van der Waals surface area contributed by atoms with E-state index in [1.165, 1.54) is 0 Å². The van der Waals surface area contributed by atoms with Crippen molar-refractivity contribution in [1.29, 1.82) is 0 Å². The van der Waals surface area contributed by atoms with Crippen molar-refractivity contribution in [1.82, 2.24) is 9.88 Å². The summed E-state index contributed by atoms with van der Waals surface area (Å²) < 4.78 is 45.6. The first kappa shape index (κ1) is 30.4. The van der Waals surface area contributed by atoms with E-state index in [0.29, 0.717) is 57.6 Å². The maximum Gasteiger partial charge on any atom is 0.303 e. The van der Waals surface area contributed by atoms with Crippen LogP contribution in [0.2, 0.25) is 0 Å². The highest BCUT2D eigenvalue weighted by atomic mass is 19.2. The minimum absolute atomic E-state index is 0.00535. The number of anilines is 2. The van der Waals surface area contributed by atoms with E-state index in [1.54, 1.807) is 13.3 Å². The molecule has 11 heteroatoms. The van der Waals surface area contributed by atoms with Crippen molar-refractivity contribution in [2.45, 2.75) is 38.2 Å². The lowest BCUT2D eigenvalue weighted by atomic mass is 9.71. The van der Waals surface area contributed by atoms with Gasteiger partial charge in [-0.15, -0.1) is 0 Å². The maximum atomic E-state index is 13.5. The predicted molar refractivity (Wildman–Crippen MR) is 152 cm³/mol. The molecule has 0 amide bonds. The number of halogens is 3. The smallest absolute Gasteiger partial charge is 0.303 e. The highest BCUT2D eigenvalue weighted by Crippen LogP contribution is 2.43. The van der Waals surface area contributed by atoms with Crippen molar-refractivity contribution in [3.05, 3.63) is 59.5 Å². The number of hydrogen-bond donors (Lipinski definition) is 3. The Labute approximate surface area is 237 Å². The quantitative estimate of drug-likeness (QED) is 0.254. The van der Waals surface area contributed by atoms with Crippen LogP contribution in [0.1, 0.15) is 43.8 Å². The number of likely N-dealkylation sites (tertiary alicyclic amines) is 1. The normalized spacial score (nSPS) is 16.0. The van der Waals surface area contributed by atoms with E-state index in [0.717, 1.165) is 34.3 Å². The third-order valence-corrected chi connectivity index (χ3v) is 8.04. The molecule has 0 bridgehead atoms. The average Bonchev–Trinajstić information content (AvgIpc) is 2.94. The molecule has 8 nitrogen and oxygen atoms in total. The Morgan fingerprint density at radius 2 is 1.85 bits per heavy atom. The lowest BCUT2D eigenvalue weighted by molar-refractivity contribution is -0.141. The molecule has 2 heterocycles. The monoisotopic (exact) mass is 574 g/mol. The number of rotatable bonds is 12. The molecule has 0 unspecified atom stereocenters. The van der Waals surface area contributed by atoms with Crippen LogP contribution in [0.15, 0.2) is 36.5 Å². The summed E-state index contributed by atoms with van der Waals surface area (Å²) in [4.78, 5) is 20.5. The van der Waals surface area contributed by atoms with Crippen LogP contribution in [0.25, 0.3) is 10.9 Å². The molecule has 1 aliphatic heterocycles. The summed E-state index contributed by atoms with van der Waals surface area (Å²) >= 11 is 0. The fraction of sp³-hybridized carbons (Fsp3) is 0.467. The molecule has 2 aromatic carbocycles. The minimum atomic E-state index is -1.50. The van der Waals surface area contributed by atoms with E-state index in [4.69, 9.17) is 4.74 Å². The van der Waals surface area contributed by atoms with Gasteiger partial charge in [0.25, 0.3) is 0 Å². The third-order valence-electron chi connectivity index (χ3n) is 8.04. The Morgan fingerprint density at radius 3 is 2.46 bits per heavy atom. The summed E-state index contributed by atoms with van der Waals surface area (Å²) in [6.07, 6.45) is 3.09. The van der Waals surface area contributed by atoms with Crippen LogP contribution in [-0.2, 0) is 4.79 Å². The van der Waals surface area contributed by atoms with Gasteiger partial charge in [-0.25, -0.2) is 13.2 Å². The molecule has 1 saturated heterocycles. The molecule has 1 aromatic heterocycles. The Bertz CT molecular complexity index is 1360. The maximum absolute atomic E-state index is 13.5. The summed E-state index contributed by atoms with van der Waals surface area (Å²) in [5.41, 5.74) is 1.94. The Balaban J connectivity index is 1.42. The molecule has 0 aliphatic carbocycles. The first-order valence-electron chi connectivity index (χ1n) is 13.7. The van der Waals surface area contributed by atoms with Crippen molar-refractivity contribution in [3.63, 3.8) is 0 Å². The van der Waals surface area contributed by atoms with Gasteiger partial charge >= 0.3 is 5.97 Å². The number of piperidine rings is 1. The van der Waals surface area contributed by atoms with Gasteiger partial charge in [0.15, 0.2) is 17.5 Å². The summed E-state index contributed by atoms with van der Waals surface area (Å²) in [6.45, 7) is 2.26. The van der Waals surface area contributed by atoms with Gasteiger partial charge in [-0.3, -0.25) is 9.78 Å². The molecular weight excluding hydrogens is 537 g/mol. The molecule has 1 aliphatic rings. The number of aliphatic hydroxyl groups is 1. The fourth-order valence-electron chi connectivity index (χ4n) is 5.71. The second kappa shape index (κ2) is 12.9. The van der Waals surface area contributed by atoms with E-state index >= 15 is 0 Å². The van der Waals surface area contributed by atoms with E-state index in [-0.39, 0.29) is 12.1 Å². The van der Waals surface area contributed by atoms with E-state index in [9.17, 15) is 28.2 Å². The molecule has 3 aromatic rings. The minimum Gasteiger partial charge on any atom is -0.497 e.